The zero-order valence-electron chi connectivity index (χ0n) is 10.2. The van der Waals surface area contributed by atoms with Crippen LogP contribution in [0.2, 0.25) is 10.3 Å². The van der Waals surface area contributed by atoms with Crippen molar-refractivity contribution in [1.82, 2.24) is 9.88 Å². The van der Waals surface area contributed by atoms with Gasteiger partial charge in [0.15, 0.2) is 0 Å². The van der Waals surface area contributed by atoms with E-state index in [4.69, 9.17) is 27.9 Å². The van der Waals surface area contributed by atoms with Crippen LogP contribution in [0.3, 0.4) is 0 Å². The average Bonchev–Trinajstić information content (AvgIpc) is 2.26. The normalized spacial score (nSPS) is 18.8. The van der Waals surface area contributed by atoms with Crippen LogP contribution in [0.25, 0.3) is 0 Å². The molecule has 1 aromatic rings. The third kappa shape index (κ3) is 2.76. The molecule has 0 atom stereocenters. The van der Waals surface area contributed by atoms with E-state index in [-0.39, 0.29) is 21.8 Å². The first-order chi connectivity index (χ1) is 8.40. The monoisotopic (exact) mass is 288 g/mol. The molecule has 0 radical (unpaired) electrons. The molecule has 1 amide bonds. The van der Waals surface area contributed by atoms with E-state index in [1.807, 2.05) is 13.8 Å². The van der Waals surface area contributed by atoms with Gasteiger partial charge in [-0.05, 0) is 26.0 Å². The molecule has 0 bridgehead atoms. The summed E-state index contributed by atoms with van der Waals surface area (Å²) in [5.74, 6) is -0.102. The maximum absolute atomic E-state index is 12.4. The zero-order chi connectivity index (χ0) is 13.3. The Morgan fingerprint density at radius 2 is 2.00 bits per heavy atom. The Morgan fingerprint density at radius 3 is 2.56 bits per heavy atom. The number of pyridine rings is 1. The fraction of sp³-hybridized carbons (Fsp3) is 0.500. The summed E-state index contributed by atoms with van der Waals surface area (Å²) >= 11 is 11.6. The van der Waals surface area contributed by atoms with Gasteiger partial charge in [-0.25, -0.2) is 4.98 Å². The molecule has 2 rings (SSSR count). The van der Waals surface area contributed by atoms with Crippen molar-refractivity contribution < 1.29 is 9.53 Å². The number of morpholine rings is 1. The largest absolute Gasteiger partial charge is 0.377 e. The number of ether oxygens (including phenoxy) is 1. The standard InChI is InChI=1S/C12H14Cl2N2O2/c1-12(2)7-18-4-3-16(12)11(17)8-5-9(13)15-10(14)6-8/h5-6H,3-4,7H2,1-2H3. The fourth-order valence-corrected chi connectivity index (χ4v) is 2.44. The highest BCUT2D eigenvalue weighted by Crippen LogP contribution is 2.23. The van der Waals surface area contributed by atoms with Gasteiger partial charge in [0.1, 0.15) is 10.3 Å². The second-order valence-electron chi connectivity index (χ2n) is 4.82. The zero-order valence-corrected chi connectivity index (χ0v) is 11.8. The third-order valence-corrected chi connectivity index (χ3v) is 3.29. The van der Waals surface area contributed by atoms with Crippen LogP contribution in [0, 0.1) is 0 Å². The van der Waals surface area contributed by atoms with Gasteiger partial charge in [0.2, 0.25) is 0 Å². The molecule has 18 heavy (non-hydrogen) atoms. The van der Waals surface area contributed by atoms with Crippen LogP contribution in [0.4, 0.5) is 0 Å². The molecule has 98 valence electrons. The average molecular weight is 289 g/mol. The summed E-state index contributed by atoms with van der Waals surface area (Å²) in [7, 11) is 0. The molecule has 0 spiro atoms. The summed E-state index contributed by atoms with van der Waals surface area (Å²) in [4.78, 5) is 18.1. The number of rotatable bonds is 1. The summed E-state index contributed by atoms with van der Waals surface area (Å²) in [6, 6.07) is 3.06. The minimum Gasteiger partial charge on any atom is -0.377 e. The first-order valence-corrected chi connectivity index (χ1v) is 6.38. The van der Waals surface area contributed by atoms with Gasteiger partial charge in [-0.3, -0.25) is 4.79 Å². The molecule has 1 fully saturated rings. The van der Waals surface area contributed by atoms with Crippen LogP contribution >= 0.6 is 23.2 Å². The molecule has 1 saturated heterocycles. The second-order valence-corrected chi connectivity index (χ2v) is 5.60. The summed E-state index contributed by atoms with van der Waals surface area (Å²) in [6.45, 7) is 5.55. The molecule has 0 saturated carbocycles. The van der Waals surface area contributed by atoms with Crippen LogP contribution in [-0.4, -0.2) is 41.1 Å². The lowest BCUT2D eigenvalue weighted by atomic mass is 10.0. The van der Waals surface area contributed by atoms with Gasteiger partial charge in [0, 0.05) is 12.1 Å². The number of amides is 1. The van der Waals surface area contributed by atoms with Crippen molar-refractivity contribution in [3.63, 3.8) is 0 Å². The number of carbonyl (C=O) groups excluding carboxylic acids is 1. The highest BCUT2D eigenvalue weighted by atomic mass is 35.5. The minimum atomic E-state index is -0.336. The molecule has 1 aromatic heterocycles. The van der Waals surface area contributed by atoms with Crippen LogP contribution in [-0.2, 0) is 4.74 Å². The molecule has 4 nitrogen and oxygen atoms in total. The van der Waals surface area contributed by atoms with Crippen molar-refractivity contribution in [2.24, 2.45) is 0 Å². The van der Waals surface area contributed by atoms with E-state index in [1.54, 1.807) is 4.90 Å². The first kappa shape index (κ1) is 13.6. The third-order valence-electron chi connectivity index (χ3n) is 2.90. The Balaban J connectivity index is 2.30. The van der Waals surface area contributed by atoms with E-state index < -0.39 is 0 Å². The molecule has 0 aliphatic carbocycles. The summed E-state index contributed by atoms with van der Waals surface area (Å²) < 4.78 is 5.39. The fourth-order valence-electron chi connectivity index (χ4n) is 1.98. The van der Waals surface area contributed by atoms with Gasteiger partial charge in [-0.15, -0.1) is 0 Å². The van der Waals surface area contributed by atoms with Gasteiger partial charge in [-0.1, -0.05) is 23.2 Å². The molecular formula is C12H14Cl2N2O2. The molecule has 0 aromatic carbocycles. The Bertz CT molecular complexity index is 457. The van der Waals surface area contributed by atoms with Crippen LogP contribution in [0.5, 0.6) is 0 Å². The number of hydrogen-bond donors (Lipinski definition) is 0. The smallest absolute Gasteiger partial charge is 0.254 e. The van der Waals surface area contributed by atoms with Gasteiger partial charge >= 0.3 is 0 Å². The van der Waals surface area contributed by atoms with Crippen LogP contribution < -0.4 is 0 Å². The van der Waals surface area contributed by atoms with Crippen LogP contribution in [0.1, 0.15) is 24.2 Å². The molecular weight excluding hydrogens is 275 g/mol. The van der Waals surface area contributed by atoms with Crippen molar-refractivity contribution in [1.29, 1.82) is 0 Å². The lowest BCUT2D eigenvalue weighted by Gasteiger charge is -2.42. The van der Waals surface area contributed by atoms with Gasteiger partial charge in [0.25, 0.3) is 5.91 Å². The SMILES string of the molecule is CC1(C)COCCN1C(=O)c1cc(Cl)nc(Cl)c1. The Labute approximate surface area is 116 Å². The maximum atomic E-state index is 12.4. The molecule has 1 aliphatic heterocycles. The molecule has 6 heteroatoms. The van der Waals surface area contributed by atoms with Crippen molar-refractivity contribution >= 4 is 29.1 Å². The van der Waals surface area contributed by atoms with E-state index in [9.17, 15) is 4.79 Å². The lowest BCUT2D eigenvalue weighted by molar-refractivity contribution is -0.0370. The van der Waals surface area contributed by atoms with Crippen LogP contribution in [0.15, 0.2) is 12.1 Å². The van der Waals surface area contributed by atoms with Crippen molar-refractivity contribution in [2.45, 2.75) is 19.4 Å². The van der Waals surface area contributed by atoms with Crippen molar-refractivity contribution in [2.75, 3.05) is 19.8 Å². The molecule has 0 N–H and O–H groups in total. The lowest BCUT2D eigenvalue weighted by Crippen LogP contribution is -2.55. The summed E-state index contributed by atoms with van der Waals surface area (Å²) in [5.41, 5.74) is 0.118. The number of carbonyl (C=O) groups is 1. The first-order valence-electron chi connectivity index (χ1n) is 5.63. The highest BCUT2D eigenvalue weighted by Gasteiger charge is 2.34. The predicted molar refractivity (Wildman–Crippen MR) is 70.2 cm³/mol. The molecule has 1 aliphatic rings. The van der Waals surface area contributed by atoms with E-state index in [2.05, 4.69) is 4.98 Å². The van der Waals surface area contributed by atoms with Crippen molar-refractivity contribution in [3.05, 3.63) is 28.0 Å². The van der Waals surface area contributed by atoms with E-state index >= 15 is 0 Å². The highest BCUT2D eigenvalue weighted by molar-refractivity contribution is 6.33. The van der Waals surface area contributed by atoms with E-state index in [1.165, 1.54) is 12.1 Å². The van der Waals surface area contributed by atoms with Gasteiger partial charge < -0.3 is 9.64 Å². The maximum Gasteiger partial charge on any atom is 0.254 e. The number of hydrogen-bond acceptors (Lipinski definition) is 3. The second kappa shape index (κ2) is 5.03. The van der Waals surface area contributed by atoms with E-state index in [0.29, 0.717) is 25.3 Å². The number of aromatic nitrogens is 1. The summed E-state index contributed by atoms with van der Waals surface area (Å²) in [5, 5.41) is 0.439. The number of halogens is 2. The topological polar surface area (TPSA) is 42.4 Å². The Morgan fingerprint density at radius 1 is 1.39 bits per heavy atom. The quantitative estimate of drug-likeness (QED) is 0.746. The molecule has 0 unspecified atom stereocenters. The molecule has 2 heterocycles. The Hall–Kier alpha value is -0.840. The van der Waals surface area contributed by atoms with Crippen molar-refractivity contribution in [3.8, 4) is 0 Å². The van der Waals surface area contributed by atoms with Gasteiger partial charge in [-0.2, -0.15) is 0 Å². The predicted octanol–water partition coefficient (Wildman–Crippen LogP) is 2.64. The Kier molecular flexibility index (Phi) is 3.80. The van der Waals surface area contributed by atoms with Gasteiger partial charge in [0.05, 0.1) is 18.8 Å². The summed E-state index contributed by atoms with van der Waals surface area (Å²) in [6.07, 6.45) is 0. The minimum absolute atomic E-state index is 0.102. The number of nitrogens with zero attached hydrogens (tertiary/aromatic N) is 2. The van der Waals surface area contributed by atoms with E-state index in [0.717, 1.165) is 0 Å².